The molecule has 0 aromatic heterocycles. The zero-order chi connectivity index (χ0) is 16.9. The molecule has 1 saturated carbocycles. The highest BCUT2D eigenvalue weighted by Crippen LogP contribution is 2.74. The van der Waals surface area contributed by atoms with Gasteiger partial charge in [-0.25, -0.2) is 4.79 Å². The summed E-state index contributed by atoms with van der Waals surface area (Å²) in [6, 6.07) is 0. The van der Waals surface area contributed by atoms with Gasteiger partial charge in [0.05, 0.1) is 24.9 Å². The Morgan fingerprint density at radius 3 is 2.79 bits per heavy atom. The van der Waals surface area contributed by atoms with Crippen LogP contribution in [-0.4, -0.2) is 48.7 Å². The Labute approximate surface area is 142 Å². The minimum absolute atomic E-state index is 0.0171. The quantitative estimate of drug-likeness (QED) is 0.336. The molecule has 3 aliphatic heterocycles. The Kier molecular flexibility index (Phi) is 2.72. The molecular formula is C19H24O5. The van der Waals surface area contributed by atoms with Gasteiger partial charge in [0.25, 0.3) is 0 Å². The average Bonchev–Trinajstić information content (AvgIpc) is 3.40. The van der Waals surface area contributed by atoms with Crippen molar-refractivity contribution in [2.24, 2.45) is 10.8 Å². The molecule has 3 saturated heterocycles. The van der Waals surface area contributed by atoms with Crippen LogP contribution in [0.4, 0.5) is 0 Å². The van der Waals surface area contributed by atoms with E-state index in [1.807, 2.05) is 6.92 Å². The molecule has 5 rings (SSSR count). The lowest BCUT2D eigenvalue weighted by molar-refractivity contribution is -0.212. The third-order valence-electron chi connectivity index (χ3n) is 7.45. The van der Waals surface area contributed by atoms with E-state index < -0.39 is 0 Å². The third kappa shape index (κ3) is 1.46. The van der Waals surface area contributed by atoms with E-state index in [1.165, 1.54) is 11.6 Å². The van der Waals surface area contributed by atoms with Crippen LogP contribution in [-0.2, 0) is 23.7 Å². The second-order valence-electron chi connectivity index (χ2n) is 8.26. The van der Waals surface area contributed by atoms with E-state index in [0.29, 0.717) is 13.0 Å². The first kappa shape index (κ1) is 15.1. The number of allylic oxidation sites excluding steroid dienone is 1. The summed E-state index contributed by atoms with van der Waals surface area (Å²) in [6.45, 7) is 9.05. The molecule has 1 spiro atoms. The first-order valence-corrected chi connectivity index (χ1v) is 8.85. The molecule has 2 bridgehead atoms. The maximum atomic E-state index is 12.1. The molecule has 0 N–H and O–H groups in total. The van der Waals surface area contributed by atoms with E-state index in [4.69, 9.17) is 18.9 Å². The summed E-state index contributed by atoms with van der Waals surface area (Å²) in [4.78, 5) is 12.1. The van der Waals surface area contributed by atoms with E-state index in [2.05, 4.69) is 26.8 Å². The minimum Gasteiger partial charge on any atom is -0.458 e. The van der Waals surface area contributed by atoms with E-state index in [1.54, 1.807) is 6.08 Å². The molecule has 130 valence electrons. The smallest absolute Gasteiger partial charge is 0.330 e. The second-order valence-corrected chi connectivity index (χ2v) is 8.26. The molecule has 1 unspecified atom stereocenters. The fraction of sp³-hybridized carbons (Fsp3) is 0.737. The second kappa shape index (κ2) is 4.32. The Balaban J connectivity index is 1.60. The van der Waals surface area contributed by atoms with Crippen molar-refractivity contribution in [1.82, 2.24) is 0 Å². The lowest BCUT2D eigenvalue weighted by Crippen LogP contribution is -2.66. The summed E-state index contributed by atoms with van der Waals surface area (Å²) in [5.41, 5.74) is 0.332. The Morgan fingerprint density at radius 2 is 2.12 bits per heavy atom. The molecular weight excluding hydrogens is 308 g/mol. The fourth-order valence-electron chi connectivity index (χ4n) is 5.77. The van der Waals surface area contributed by atoms with Crippen LogP contribution < -0.4 is 0 Å². The van der Waals surface area contributed by atoms with Crippen molar-refractivity contribution in [3.63, 3.8) is 0 Å². The topological polar surface area (TPSA) is 60.6 Å². The molecule has 2 aliphatic carbocycles. The van der Waals surface area contributed by atoms with Crippen LogP contribution >= 0.6 is 0 Å². The summed E-state index contributed by atoms with van der Waals surface area (Å²) in [5, 5.41) is 0. The number of carbonyl (C=O) groups excluding carboxylic acids is 1. The molecule has 4 fully saturated rings. The van der Waals surface area contributed by atoms with Crippen molar-refractivity contribution in [2.45, 2.75) is 70.2 Å². The lowest BCUT2D eigenvalue weighted by atomic mass is 9.52. The summed E-state index contributed by atoms with van der Waals surface area (Å²) in [5.74, 6) is -0.289. The third-order valence-corrected chi connectivity index (χ3v) is 7.45. The van der Waals surface area contributed by atoms with E-state index >= 15 is 0 Å². The number of esters is 1. The molecule has 3 heterocycles. The van der Waals surface area contributed by atoms with Crippen molar-refractivity contribution in [2.75, 3.05) is 6.61 Å². The van der Waals surface area contributed by atoms with Gasteiger partial charge in [0.2, 0.25) is 0 Å². The van der Waals surface area contributed by atoms with Gasteiger partial charge in [-0.3, -0.25) is 0 Å². The first-order chi connectivity index (χ1) is 11.4. The van der Waals surface area contributed by atoms with Crippen molar-refractivity contribution in [3.8, 4) is 0 Å². The van der Waals surface area contributed by atoms with Crippen molar-refractivity contribution in [1.29, 1.82) is 0 Å². The number of hydrogen-bond donors (Lipinski definition) is 0. The maximum Gasteiger partial charge on any atom is 0.330 e. The standard InChI is InChI=1S/C19H24O5/c1-5-6-14(20)23-12-8-13-19(9-21-19)18(12,4)17(3)11(22-13)7-10(2)15-16(17)24-15/h5-7,11-13,15-16H,8-9H2,1-4H3/b6-5-/t11-,12-,13-,15+,16+,17-,18-,19?/m1/s1. The first-order valence-electron chi connectivity index (χ1n) is 8.85. The van der Waals surface area contributed by atoms with Crippen LogP contribution in [0, 0.1) is 10.8 Å². The van der Waals surface area contributed by atoms with Gasteiger partial charge in [-0.1, -0.05) is 26.0 Å². The van der Waals surface area contributed by atoms with Gasteiger partial charge in [0, 0.05) is 23.3 Å². The highest BCUT2D eigenvalue weighted by atomic mass is 16.6. The molecule has 0 aromatic rings. The van der Waals surface area contributed by atoms with Gasteiger partial charge in [-0.2, -0.15) is 0 Å². The van der Waals surface area contributed by atoms with E-state index in [-0.39, 0.29) is 52.9 Å². The van der Waals surface area contributed by atoms with Crippen LogP contribution in [0.2, 0.25) is 0 Å². The van der Waals surface area contributed by atoms with Crippen molar-refractivity contribution in [3.05, 3.63) is 23.8 Å². The fourth-order valence-corrected chi connectivity index (χ4v) is 5.77. The van der Waals surface area contributed by atoms with Crippen LogP contribution in [0.5, 0.6) is 0 Å². The number of rotatable bonds is 2. The van der Waals surface area contributed by atoms with Crippen LogP contribution in [0.15, 0.2) is 23.8 Å². The van der Waals surface area contributed by atoms with Gasteiger partial charge in [-0.05, 0) is 19.4 Å². The number of hydrogen-bond acceptors (Lipinski definition) is 5. The molecule has 5 heteroatoms. The molecule has 8 atom stereocenters. The molecule has 0 radical (unpaired) electrons. The molecule has 5 nitrogen and oxygen atoms in total. The average molecular weight is 332 g/mol. The van der Waals surface area contributed by atoms with Gasteiger partial charge in [-0.15, -0.1) is 0 Å². The summed E-state index contributed by atoms with van der Waals surface area (Å²) >= 11 is 0. The predicted molar refractivity (Wildman–Crippen MR) is 85.3 cm³/mol. The monoisotopic (exact) mass is 332 g/mol. The Morgan fingerprint density at radius 1 is 1.38 bits per heavy atom. The number of fused-ring (bicyclic) bond motifs is 4. The van der Waals surface area contributed by atoms with Gasteiger partial charge in [0.1, 0.15) is 17.8 Å². The predicted octanol–water partition coefficient (Wildman–Crippen LogP) is 2.15. The van der Waals surface area contributed by atoms with Crippen LogP contribution in [0.25, 0.3) is 0 Å². The normalized spacial score (nSPS) is 56.7. The molecule has 24 heavy (non-hydrogen) atoms. The number of carbonyl (C=O) groups is 1. The molecule has 0 aromatic carbocycles. The zero-order valence-corrected chi connectivity index (χ0v) is 14.6. The largest absolute Gasteiger partial charge is 0.458 e. The van der Waals surface area contributed by atoms with E-state index in [0.717, 1.165) is 0 Å². The highest BCUT2D eigenvalue weighted by Gasteiger charge is 2.85. The summed E-state index contributed by atoms with van der Waals surface area (Å²) in [6.07, 6.45) is 6.12. The zero-order valence-electron chi connectivity index (χ0n) is 14.6. The van der Waals surface area contributed by atoms with Gasteiger partial charge >= 0.3 is 5.97 Å². The summed E-state index contributed by atoms with van der Waals surface area (Å²) < 4.78 is 24.4. The number of ether oxygens (including phenoxy) is 4. The number of epoxide rings is 2. The van der Waals surface area contributed by atoms with E-state index in [9.17, 15) is 4.79 Å². The molecule has 5 aliphatic rings. The minimum atomic E-state index is -0.339. The van der Waals surface area contributed by atoms with Crippen molar-refractivity contribution >= 4 is 5.97 Å². The molecule has 0 amide bonds. The Hall–Kier alpha value is -1.17. The Bertz CT molecular complexity index is 677. The van der Waals surface area contributed by atoms with Gasteiger partial charge in [0.15, 0.2) is 0 Å². The SMILES string of the molecule is C/C=C\C(=O)O[C@@H]1C[C@H]2O[C@@H]3C=C(C)[C@@H]4O[C@@H]4[C@]3(C)[C@]1(C)C21CO1. The van der Waals surface area contributed by atoms with Crippen LogP contribution in [0.3, 0.4) is 0 Å². The summed E-state index contributed by atoms with van der Waals surface area (Å²) in [7, 11) is 0. The maximum absolute atomic E-state index is 12.1. The highest BCUT2D eigenvalue weighted by molar-refractivity contribution is 5.82. The van der Waals surface area contributed by atoms with Gasteiger partial charge < -0.3 is 18.9 Å². The van der Waals surface area contributed by atoms with Crippen molar-refractivity contribution < 1.29 is 23.7 Å². The lowest BCUT2D eigenvalue weighted by Gasteiger charge is -2.56. The van der Waals surface area contributed by atoms with Crippen LogP contribution in [0.1, 0.15) is 34.1 Å².